The lowest BCUT2D eigenvalue weighted by atomic mass is 10.0. The molecule has 0 bridgehead atoms. The van der Waals surface area contributed by atoms with Gasteiger partial charge < -0.3 is 9.47 Å². The Balaban J connectivity index is 1.09. The Labute approximate surface area is 338 Å². The summed E-state index contributed by atoms with van der Waals surface area (Å²) in [6, 6.07) is 83.7. The Hall–Kier alpha value is -7.68. The number of hydrogen-bond acceptors (Lipinski definition) is 1. The Kier molecular flexibility index (Phi) is 8.19. The van der Waals surface area contributed by atoms with Crippen molar-refractivity contribution in [2.75, 3.05) is 4.90 Å². The first-order valence-corrected chi connectivity index (χ1v) is 19.9. The van der Waals surface area contributed by atoms with E-state index in [0.29, 0.717) is 0 Å². The molecule has 1 aromatic heterocycles. The molecular formula is C56H38N2. The first kappa shape index (κ1) is 33.6. The molecule has 2 heteroatoms. The fraction of sp³-hybridized carbons (Fsp3) is 0. The van der Waals surface area contributed by atoms with Crippen LogP contribution in [0.1, 0.15) is 0 Å². The number of fused-ring (bicyclic) bond motifs is 6. The van der Waals surface area contributed by atoms with Crippen molar-refractivity contribution < 1.29 is 0 Å². The number of hydrogen-bond donors (Lipinski definition) is 0. The van der Waals surface area contributed by atoms with E-state index >= 15 is 0 Å². The molecular weight excluding hydrogens is 701 g/mol. The number of anilines is 3. The molecule has 2 nitrogen and oxygen atoms in total. The number of benzene rings is 10. The van der Waals surface area contributed by atoms with Crippen LogP contribution in [0, 0.1) is 0 Å². The van der Waals surface area contributed by atoms with Gasteiger partial charge in [0.1, 0.15) is 0 Å². The first-order valence-electron chi connectivity index (χ1n) is 19.9. The van der Waals surface area contributed by atoms with Crippen LogP contribution in [0.2, 0.25) is 0 Å². The van der Waals surface area contributed by atoms with Gasteiger partial charge in [-0.3, -0.25) is 0 Å². The fourth-order valence-corrected chi connectivity index (χ4v) is 8.70. The zero-order chi connectivity index (χ0) is 38.4. The fourth-order valence-electron chi connectivity index (χ4n) is 8.70. The van der Waals surface area contributed by atoms with Gasteiger partial charge in [-0.25, -0.2) is 0 Å². The molecule has 58 heavy (non-hydrogen) atoms. The largest absolute Gasteiger partial charge is 0.310 e. The van der Waals surface area contributed by atoms with Crippen molar-refractivity contribution >= 4 is 60.4 Å². The van der Waals surface area contributed by atoms with Crippen LogP contribution in [-0.4, -0.2) is 4.57 Å². The maximum Gasteiger partial charge on any atom is 0.0547 e. The van der Waals surface area contributed by atoms with Gasteiger partial charge in [-0.15, -0.1) is 0 Å². The van der Waals surface area contributed by atoms with E-state index in [0.717, 1.165) is 22.7 Å². The lowest BCUT2D eigenvalue weighted by Crippen LogP contribution is -2.10. The predicted molar refractivity (Wildman–Crippen MR) is 247 cm³/mol. The minimum atomic E-state index is 1.10. The van der Waals surface area contributed by atoms with E-state index in [2.05, 4.69) is 240 Å². The van der Waals surface area contributed by atoms with Crippen molar-refractivity contribution in [2.45, 2.75) is 0 Å². The van der Waals surface area contributed by atoms with Crippen molar-refractivity contribution in [3.63, 3.8) is 0 Å². The van der Waals surface area contributed by atoms with Gasteiger partial charge in [0.05, 0.1) is 11.0 Å². The number of nitrogens with zero attached hydrogens (tertiary/aromatic N) is 2. The van der Waals surface area contributed by atoms with Crippen LogP contribution in [0.3, 0.4) is 0 Å². The minimum Gasteiger partial charge on any atom is -0.310 e. The monoisotopic (exact) mass is 738 g/mol. The molecule has 0 aliphatic heterocycles. The van der Waals surface area contributed by atoms with Gasteiger partial charge in [0, 0.05) is 33.5 Å². The smallest absolute Gasteiger partial charge is 0.0547 e. The van der Waals surface area contributed by atoms with Crippen LogP contribution in [0.5, 0.6) is 0 Å². The van der Waals surface area contributed by atoms with E-state index in [1.54, 1.807) is 0 Å². The van der Waals surface area contributed by atoms with Gasteiger partial charge in [-0.1, -0.05) is 164 Å². The maximum atomic E-state index is 2.43. The van der Waals surface area contributed by atoms with E-state index in [-0.39, 0.29) is 0 Å². The Morgan fingerprint density at radius 3 is 1.57 bits per heavy atom. The average molecular weight is 739 g/mol. The van der Waals surface area contributed by atoms with Crippen LogP contribution in [0.4, 0.5) is 17.1 Å². The summed E-state index contributed by atoms with van der Waals surface area (Å²) >= 11 is 0. The summed E-state index contributed by atoms with van der Waals surface area (Å²) in [6.45, 7) is 0. The summed E-state index contributed by atoms with van der Waals surface area (Å²) in [5, 5.41) is 7.46. The highest BCUT2D eigenvalue weighted by Gasteiger charge is 2.20. The summed E-state index contributed by atoms with van der Waals surface area (Å²) < 4.78 is 2.43. The molecule has 0 atom stereocenters. The standard InChI is InChI=1S/C56H38N2/c1-3-12-39(13-4-1)42-24-29-48(30-25-42)57(50-20-11-19-46(37-50)40-14-5-2-6-15-40)51-33-35-54-53(38-51)56-52-21-10-9-17-44(52)28-34-55(56)58(54)49-31-26-43(27-32-49)47-23-22-41-16-7-8-18-45(41)36-47/h1-38H. The molecule has 11 rings (SSSR count). The average Bonchev–Trinajstić information content (AvgIpc) is 3.64. The highest BCUT2D eigenvalue weighted by atomic mass is 15.1. The summed E-state index contributed by atoms with van der Waals surface area (Å²) in [7, 11) is 0. The lowest BCUT2D eigenvalue weighted by Gasteiger charge is -2.26. The lowest BCUT2D eigenvalue weighted by molar-refractivity contribution is 1.18. The third-order valence-electron chi connectivity index (χ3n) is 11.5. The molecule has 11 aromatic rings. The van der Waals surface area contributed by atoms with Gasteiger partial charge in [0.25, 0.3) is 0 Å². The molecule has 0 fully saturated rings. The van der Waals surface area contributed by atoms with Crippen LogP contribution < -0.4 is 4.90 Å². The normalized spacial score (nSPS) is 11.4. The van der Waals surface area contributed by atoms with Crippen LogP contribution in [-0.2, 0) is 0 Å². The quantitative estimate of drug-likeness (QED) is 0.158. The Bertz CT molecular complexity index is 3250. The predicted octanol–water partition coefficient (Wildman–Crippen LogP) is 15.6. The summed E-state index contributed by atoms with van der Waals surface area (Å²) in [6.07, 6.45) is 0. The van der Waals surface area contributed by atoms with Gasteiger partial charge in [-0.2, -0.15) is 0 Å². The van der Waals surface area contributed by atoms with Gasteiger partial charge in [0.15, 0.2) is 0 Å². The van der Waals surface area contributed by atoms with Crippen molar-refractivity contribution in [1.29, 1.82) is 0 Å². The van der Waals surface area contributed by atoms with Gasteiger partial charge in [0.2, 0.25) is 0 Å². The molecule has 0 saturated heterocycles. The molecule has 10 aromatic carbocycles. The first-order chi connectivity index (χ1) is 28.7. The van der Waals surface area contributed by atoms with E-state index < -0.39 is 0 Å². The summed E-state index contributed by atoms with van der Waals surface area (Å²) in [5.74, 6) is 0. The van der Waals surface area contributed by atoms with Crippen molar-refractivity contribution in [2.24, 2.45) is 0 Å². The van der Waals surface area contributed by atoms with Crippen molar-refractivity contribution in [3.05, 3.63) is 231 Å². The van der Waals surface area contributed by atoms with Crippen LogP contribution in [0.25, 0.3) is 82.4 Å². The topological polar surface area (TPSA) is 8.17 Å². The van der Waals surface area contributed by atoms with E-state index in [1.807, 2.05) is 0 Å². The molecule has 0 aliphatic rings. The molecule has 0 spiro atoms. The second kappa shape index (κ2) is 14.1. The van der Waals surface area contributed by atoms with E-state index in [4.69, 9.17) is 0 Å². The molecule has 0 aliphatic carbocycles. The zero-order valence-corrected chi connectivity index (χ0v) is 31.8. The second-order valence-electron chi connectivity index (χ2n) is 15.0. The minimum absolute atomic E-state index is 1.10. The summed E-state index contributed by atoms with van der Waals surface area (Å²) in [4.78, 5) is 2.40. The van der Waals surface area contributed by atoms with E-state index in [1.165, 1.54) is 76.7 Å². The molecule has 0 radical (unpaired) electrons. The van der Waals surface area contributed by atoms with Crippen molar-refractivity contribution in [1.82, 2.24) is 4.57 Å². The highest BCUT2D eigenvalue weighted by molar-refractivity contribution is 6.22. The molecule has 0 saturated carbocycles. The van der Waals surface area contributed by atoms with E-state index in [9.17, 15) is 0 Å². The third-order valence-corrected chi connectivity index (χ3v) is 11.5. The molecule has 272 valence electrons. The molecule has 0 unspecified atom stereocenters. The van der Waals surface area contributed by atoms with Gasteiger partial charge >= 0.3 is 0 Å². The Morgan fingerprint density at radius 2 is 0.793 bits per heavy atom. The van der Waals surface area contributed by atoms with Crippen LogP contribution in [0.15, 0.2) is 231 Å². The zero-order valence-electron chi connectivity index (χ0n) is 31.8. The highest BCUT2D eigenvalue weighted by Crippen LogP contribution is 2.43. The molecule has 1 heterocycles. The van der Waals surface area contributed by atoms with Crippen molar-refractivity contribution in [3.8, 4) is 39.1 Å². The third kappa shape index (κ3) is 5.91. The summed E-state index contributed by atoms with van der Waals surface area (Å²) in [5.41, 5.74) is 14.0. The number of rotatable bonds is 7. The molecule has 0 amide bonds. The maximum absolute atomic E-state index is 2.43. The molecule has 0 N–H and O–H groups in total. The van der Waals surface area contributed by atoms with Crippen LogP contribution >= 0.6 is 0 Å². The second-order valence-corrected chi connectivity index (χ2v) is 15.0. The number of aromatic nitrogens is 1. The Morgan fingerprint density at radius 1 is 0.276 bits per heavy atom. The van der Waals surface area contributed by atoms with Gasteiger partial charge in [-0.05, 0) is 122 Å². The SMILES string of the molecule is c1ccc(-c2ccc(N(c3cccc(-c4ccccc4)c3)c3ccc4c(c3)c3c5ccccc5ccc3n4-c3ccc(-c4ccc5ccccc5c4)cc3)cc2)cc1.